The standard InChI is InChI=1S/C75H122N2O65/c76-25-31(96)30(95)24(12-124-74(71(117)118)1-13(84)27(92)48(141-74)15(86)4-78)127-62(25)131-52-23(9-83)126-63(26(77)32(52)97)134-55-38(103)42(107)67(138-59(55)61(113)114)133-54-43(108)47(20(91)11-122-64-39(104)34(99)36(101)46(128-64)19(90)10-123-65-40(105)35(100)37(102)57(136-65)60(111)112)129-68(44(54)109)135-56-45(110)69(130-50(17(88)6-80)58(56)137-66-41(106)33(98)29(94)22(8-82)125-66)132-53-21(3-73(121,70(115)116)140-51(53)18(89)7-81)139-75(72(119)120)2-14(85)28(93)49(142-75)16(87)5-79/h13-59,62-69,78-110,121H,1-12,76-77H2,(H,111,112)(H,113,114)(H,115,116)(H,117,118)(H,119,120)/t13-,14-,15-,16-,17+,18-,19+,20+,21-,22-,23-,24-,25-,26-,27-,28-,29-,30-,31-,32-,33+,34+,35+,36+,37-,38-,39+,40-,41-,42-,43-,44+,45+,46-,47-,48-,49-,50-,51-,52-,53-,54+,55-,56-,57+,58-,59+,62-,63-,64+,65-,66+,67+,68-,69-,73-,74-,75-/m1/s1. The number of aliphatic hydroxyl groups excluding tert-OH is 33. The zero-order chi connectivity index (χ0) is 105. The lowest BCUT2D eigenvalue weighted by atomic mass is 9.89. The fraction of sp³-hybridized carbons (Fsp3) is 0.933. The van der Waals surface area contributed by atoms with Crippen molar-refractivity contribution in [3.05, 3.63) is 0 Å². The highest BCUT2D eigenvalue weighted by Crippen LogP contribution is 2.46. The summed E-state index contributed by atoms with van der Waals surface area (Å²) in [7, 11) is 0. The molecule has 67 nitrogen and oxygen atoms in total. The van der Waals surface area contributed by atoms with E-state index in [4.69, 9.17) is 111 Å². The second-order valence-electron chi connectivity index (χ2n) is 35.5. The Hall–Kier alpha value is -4.93. The van der Waals surface area contributed by atoms with Crippen LogP contribution in [0.1, 0.15) is 19.3 Å². The van der Waals surface area contributed by atoms with Gasteiger partial charge >= 0.3 is 29.8 Å². The van der Waals surface area contributed by atoms with Gasteiger partial charge in [0.05, 0.1) is 89.9 Å². The molecule has 58 atom stereocenters. The lowest BCUT2D eigenvalue weighted by Gasteiger charge is -2.53. The largest absolute Gasteiger partial charge is 0.479 e. The average Bonchev–Trinajstić information content (AvgIpc) is 0.737. The lowest BCUT2D eigenvalue weighted by Crippen LogP contribution is -2.71. The summed E-state index contributed by atoms with van der Waals surface area (Å²) >= 11 is 0. The van der Waals surface area contributed by atoms with Gasteiger partial charge in [-0.1, -0.05) is 0 Å². The van der Waals surface area contributed by atoms with Gasteiger partial charge in [0.1, 0.15) is 244 Å². The second-order valence-corrected chi connectivity index (χ2v) is 35.5. The number of carboxylic acid groups (broad SMARTS) is 5. The molecule has 0 bridgehead atoms. The first-order valence-electron chi connectivity index (χ1n) is 43.8. The summed E-state index contributed by atoms with van der Waals surface area (Å²) in [4.78, 5) is 64.5. The molecule has 0 radical (unpaired) electrons. The Balaban J connectivity index is 0.920. The minimum absolute atomic E-state index is 1.08. The van der Waals surface area contributed by atoms with E-state index in [-0.39, 0.29) is 0 Å². The summed E-state index contributed by atoms with van der Waals surface area (Å²) in [5, 5.41) is 431. The van der Waals surface area contributed by atoms with Gasteiger partial charge in [-0.3, -0.25) is 0 Å². The summed E-state index contributed by atoms with van der Waals surface area (Å²) < 4.78 is 119. The van der Waals surface area contributed by atoms with E-state index in [1.54, 1.807) is 0 Å². The third-order valence-electron chi connectivity index (χ3n) is 25.9. The first-order chi connectivity index (χ1) is 66.6. The first-order valence-corrected chi connectivity index (χ1v) is 43.8. The van der Waals surface area contributed by atoms with E-state index >= 15 is 0 Å². The van der Waals surface area contributed by atoms with Crippen molar-refractivity contribution in [2.24, 2.45) is 11.5 Å². The average molecular weight is 2090 g/mol. The van der Waals surface area contributed by atoms with Crippen molar-refractivity contribution in [2.45, 2.75) is 374 Å². The van der Waals surface area contributed by atoms with Crippen LogP contribution in [0.2, 0.25) is 0 Å². The number of rotatable bonds is 40. The molecular weight excluding hydrogens is 1970 g/mol. The Kier molecular flexibility index (Phi) is 40.1. The first kappa shape index (κ1) is 117. The molecule has 0 aliphatic carbocycles. The summed E-state index contributed by atoms with van der Waals surface area (Å²) in [6.07, 6.45) is -136. The highest BCUT2D eigenvalue weighted by atomic mass is 16.8. The van der Waals surface area contributed by atoms with E-state index in [9.17, 15) is 223 Å². The third-order valence-corrected chi connectivity index (χ3v) is 25.9. The molecule has 0 saturated carbocycles. The second kappa shape index (κ2) is 48.6. The van der Waals surface area contributed by atoms with Crippen molar-refractivity contribution in [3.8, 4) is 0 Å². The highest BCUT2D eigenvalue weighted by molar-refractivity contribution is 5.77. The number of carboxylic acids is 5. The van der Waals surface area contributed by atoms with Gasteiger partial charge in [-0.15, -0.1) is 0 Å². The molecule has 822 valence electrons. The normalized spacial score (nSPS) is 49.1. The fourth-order valence-electron chi connectivity index (χ4n) is 17.7. The van der Waals surface area contributed by atoms with Crippen LogP contribution in [0.5, 0.6) is 0 Å². The van der Waals surface area contributed by atoms with Crippen molar-refractivity contribution in [1.82, 2.24) is 0 Å². The molecule has 11 saturated heterocycles. The maximum Gasteiger partial charge on any atom is 0.364 e. The molecule has 11 aliphatic heterocycles. The van der Waals surface area contributed by atoms with Gasteiger partial charge in [-0.2, -0.15) is 0 Å². The van der Waals surface area contributed by atoms with Crippen LogP contribution in [0, 0.1) is 0 Å². The Morgan fingerprint density at radius 1 is 0.303 bits per heavy atom. The monoisotopic (exact) mass is 2090 g/mol. The molecule has 0 amide bonds. The number of hydrogen-bond acceptors (Lipinski definition) is 62. The van der Waals surface area contributed by atoms with Crippen LogP contribution in [0.4, 0.5) is 0 Å². The van der Waals surface area contributed by atoms with Crippen LogP contribution >= 0.6 is 0 Å². The van der Waals surface area contributed by atoms with E-state index in [1.807, 2.05) is 0 Å². The van der Waals surface area contributed by atoms with Crippen LogP contribution < -0.4 is 11.5 Å². The number of ether oxygens (including phenoxy) is 21. The zero-order valence-electron chi connectivity index (χ0n) is 73.5. The van der Waals surface area contributed by atoms with Crippen LogP contribution in [0.25, 0.3) is 0 Å². The number of nitrogens with two attached hydrogens (primary N) is 2. The Bertz CT molecular complexity index is 4040. The van der Waals surface area contributed by atoms with E-state index in [0.717, 1.165) is 0 Å². The molecule has 142 heavy (non-hydrogen) atoms. The van der Waals surface area contributed by atoms with Crippen molar-refractivity contribution < 1.29 is 323 Å². The van der Waals surface area contributed by atoms with Crippen molar-refractivity contribution in [3.63, 3.8) is 0 Å². The summed E-state index contributed by atoms with van der Waals surface area (Å²) in [6.45, 7) is -12.2. The SMILES string of the molecule is N[C@H]1[C@@H](O[C@H]2[C@H](O)[C@@H](N)[C@@H](O[C@@H]3[C@H](O)[C@@H](O)[C@@H](O[C@@H]4[C@H](O)[C@@H](O[C@@H]5[C@H](O)[C@@H](O[C@H]6[C@@H]([C@H](O)CO)O[C@@](O)(C(=O)O)C[C@H]6O[C@]6(C(=O)O)C[C@@H](O)[C@@H](O)[C@@H]([C@H](O)CO)O6)O[C@H]([C@@H](O)CO)[C@H]5O[C@@H]5O[C@H](CO)[C@@H](O)[C@H](O)[C@H]5O)O[C@H]([C@@H](O)CO[C@H]5O[C@H]([C@@H](O)CO[C@@H]6O[C@H](C(=O)O)[C@H](O)[C@H](O)[C@H]6O)[C@@H](O)[C@H](O)[C@@H]5O)[C@H]4O)O[C@@H]3C(=O)O)O[C@@H]2CO)O[C@H](CO[C@]2(C(=O)O)C[C@@H](O)[C@@H](O)[C@@H]([C@H](O)CO)O2)[C@@H](O)[C@@H]1O. The van der Waals surface area contributed by atoms with Gasteiger partial charge in [0.2, 0.25) is 0 Å². The van der Waals surface area contributed by atoms with E-state index in [2.05, 4.69) is 0 Å². The van der Waals surface area contributed by atoms with Crippen LogP contribution in [-0.4, -0.2) is 643 Å². The molecule has 11 rings (SSSR count). The van der Waals surface area contributed by atoms with Crippen molar-refractivity contribution in [1.29, 1.82) is 0 Å². The van der Waals surface area contributed by atoms with Crippen molar-refractivity contribution >= 4 is 29.8 Å². The molecule has 11 fully saturated rings. The highest BCUT2D eigenvalue weighted by Gasteiger charge is 2.67. The van der Waals surface area contributed by atoms with Gasteiger partial charge in [0.25, 0.3) is 17.4 Å². The minimum Gasteiger partial charge on any atom is -0.479 e. The molecule has 0 aromatic heterocycles. The quantitative estimate of drug-likeness (QED) is 0.0271. The molecule has 43 N–H and O–H groups in total. The van der Waals surface area contributed by atoms with E-state index in [0.29, 0.717) is 0 Å². The predicted molar refractivity (Wildman–Crippen MR) is 419 cm³/mol. The zero-order valence-corrected chi connectivity index (χ0v) is 73.5. The molecular formula is C75H122N2O65. The molecule has 67 heteroatoms. The topological polar surface area (TPSA) is 1120 Å². The van der Waals surface area contributed by atoms with Gasteiger partial charge in [0, 0.05) is 19.3 Å². The van der Waals surface area contributed by atoms with Crippen LogP contribution in [0.3, 0.4) is 0 Å². The summed E-state index contributed by atoms with van der Waals surface area (Å²) in [6, 6.07) is -4.02. The van der Waals surface area contributed by atoms with Gasteiger partial charge in [0.15, 0.2) is 62.5 Å². The van der Waals surface area contributed by atoms with E-state index in [1.165, 1.54) is 0 Å². The van der Waals surface area contributed by atoms with Gasteiger partial charge in [-0.05, 0) is 0 Å². The Morgan fingerprint density at radius 2 is 0.690 bits per heavy atom. The molecule has 0 unspecified atom stereocenters. The maximum atomic E-state index is 13.5. The molecule has 0 aromatic carbocycles. The molecule has 11 aliphatic rings. The van der Waals surface area contributed by atoms with Crippen LogP contribution in [0.15, 0.2) is 0 Å². The number of aliphatic carboxylic acids is 5. The van der Waals surface area contributed by atoms with E-state index < -0.39 is 463 Å². The fourth-order valence-corrected chi connectivity index (χ4v) is 17.7. The maximum absolute atomic E-state index is 13.5. The molecule has 0 aromatic rings. The molecule has 0 spiro atoms. The number of carbonyl (C=O) groups is 5. The minimum atomic E-state index is -3.77. The number of aliphatic hydroxyl groups is 34. The predicted octanol–water partition coefficient (Wildman–Crippen LogP) is -27.2. The summed E-state index contributed by atoms with van der Waals surface area (Å²) in [5.74, 6) is -21.3. The Labute approximate surface area is 795 Å². The summed E-state index contributed by atoms with van der Waals surface area (Å²) in [5.41, 5.74) is 12.6. The van der Waals surface area contributed by atoms with Gasteiger partial charge in [-0.25, -0.2) is 24.0 Å². The Morgan fingerprint density at radius 3 is 1.22 bits per heavy atom. The van der Waals surface area contributed by atoms with Crippen molar-refractivity contribution in [2.75, 3.05) is 59.5 Å². The smallest absolute Gasteiger partial charge is 0.364 e. The van der Waals surface area contributed by atoms with Crippen LogP contribution in [-0.2, 0) is 123 Å². The molecule has 11 heterocycles. The third kappa shape index (κ3) is 24.3. The van der Waals surface area contributed by atoms with Gasteiger partial charge < -0.3 is 310 Å². The number of hydrogen-bond donors (Lipinski definition) is 41. The lowest BCUT2D eigenvalue weighted by molar-refractivity contribution is -0.416.